The Morgan fingerprint density at radius 1 is 0.978 bits per heavy atom. The Morgan fingerprint density at radius 2 is 1.74 bits per heavy atom. The third-order valence-corrected chi connectivity index (χ3v) is 14.5. The van der Waals surface area contributed by atoms with Crippen LogP contribution in [-0.2, 0) is 16.1 Å². The maximum atomic E-state index is 12.9. The molecular weight excluding hydrogens is 572 g/mol. The fourth-order valence-electron chi connectivity index (χ4n) is 11.9. The van der Waals surface area contributed by atoms with E-state index in [0.717, 1.165) is 36.6 Å². The van der Waals surface area contributed by atoms with Crippen molar-refractivity contribution in [3.05, 3.63) is 46.0 Å². The summed E-state index contributed by atoms with van der Waals surface area (Å²) in [5, 5.41) is 15.3. The summed E-state index contributed by atoms with van der Waals surface area (Å²) in [4.78, 5) is 24.5. The third kappa shape index (κ3) is 6.65. The van der Waals surface area contributed by atoms with Gasteiger partial charge in [-0.15, -0.1) is 0 Å². The summed E-state index contributed by atoms with van der Waals surface area (Å²) >= 11 is 0. The highest BCUT2D eigenvalue weighted by Crippen LogP contribution is 2.68. The maximum absolute atomic E-state index is 12.9. The van der Waals surface area contributed by atoms with Crippen LogP contribution in [-0.4, -0.2) is 17.4 Å². The van der Waals surface area contributed by atoms with Crippen molar-refractivity contribution in [1.82, 2.24) is 5.32 Å². The van der Waals surface area contributed by atoms with E-state index in [0.29, 0.717) is 51.8 Å². The van der Waals surface area contributed by atoms with E-state index in [2.05, 4.69) is 32.7 Å². The monoisotopic (exact) mass is 632 g/mol. The van der Waals surface area contributed by atoms with Gasteiger partial charge in [0, 0.05) is 30.3 Å². The van der Waals surface area contributed by atoms with Crippen molar-refractivity contribution < 1.29 is 14.5 Å². The number of nitrogens with one attached hydrogen (secondary N) is 1. The van der Waals surface area contributed by atoms with Gasteiger partial charge in [0.2, 0.25) is 0 Å². The minimum absolute atomic E-state index is 0.0177. The van der Waals surface area contributed by atoms with Crippen LogP contribution in [0.4, 0.5) is 5.69 Å². The number of hydrogen-bond acceptors (Lipinski definition) is 5. The van der Waals surface area contributed by atoms with E-state index >= 15 is 0 Å². The molecule has 5 saturated carbocycles. The largest absolute Gasteiger partial charge is 0.461 e. The van der Waals surface area contributed by atoms with Crippen molar-refractivity contribution in [2.75, 3.05) is 6.54 Å². The van der Waals surface area contributed by atoms with Crippen molar-refractivity contribution in [2.45, 2.75) is 137 Å². The second-order valence-corrected chi connectivity index (χ2v) is 16.8. The minimum Gasteiger partial charge on any atom is -0.461 e. The van der Waals surface area contributed by atoms with E-state index in [-0.39, 0.29) is 23.2 Å². The molecule has 1 aromatic carbocycles. The molecular formula is C40H60N2O4. The molecule has 5 fully saturated rings. The molecule has 46 heavy (non-hydrogen) atoms. The molecule has 0 spiro atoms. The predicted octanol–water partition coefficient (Wildman–Crippen LogP) is 10.2. The van der Waals surface area contributed by atoms with Crippen molar-refractivity contribution in [3.63, 3.8) is 0 Å². The molecule has 5 aliphatic rings. The van der Waals surface area contributed by atoms with Gasteiger partial charge in [-0.05, 0) is 129 Å². The number of fused-ring (bicyclic) bond motifs is 5. The van der Waals surface area contributed by atoms with Crippen LogP contribution in [0, 0.1) is 62.4 Å². The number of nitro groups is 1. The average Bonchev–Trinajstić information content (AvgIpc) is 3.42. The summed E-state index contributed by atoms with van der Waals surface area (Å²) in [6, 6.07) is 5.13. The van der Waals surface area contributed by atoms with Gasteiger partial charge in [0.15, 0.2) is 0 Å². The Balaban J connectivity index is 0.998. The molecule has 8 atom stereocenters. The smallest absolute Gasteiger partial charge is 0.306 e. The van der Waals surface area contributed by atoms with Crippen molar-refractivity contribution in [1.29, 1.82) is 0 Å². The number of rotatable bonds is 11. The zero-order valence-corrected chi connectivity index (χ0v) is 29.0. The van der Waals surface area contributed by atoms with Crippen LogP contribution in [0.15, 0.2) is 24.8 Å². The molecule has 5 aliphatic carbocycles. The first kappa shape index (κ1) is 33.5. The molecule has 6 rings (SSSR count). The average molecular weight is 633 g/mol. The number of benzene rings is 1. The van der Waals surface area contributed by atoms with E-state index in [1.165, 1.54) is 96.3 Å². The van der Waals surface area contributed by atoms with Gasteiger partial charge in [-0.2, -0.15) is 0 Å². The first-order chi connectivity index (χ1) is 22.1. The molecule has 6 heteroatoms. The highest BCUT2D eigenvalue weighted by atomic mass is 16.6. The maximum Gasteiger partial charge on any atom is 0.306 e. The molecule has 0 amide bonds. The Labute approximate surface area is 278 Å². The highest BCUT2D eigenvalue weighted by molar-refractivity contribution is 5.70. The summed E-state index contributed by atoms with van der Waals surface area (Å²) < 4.78 is 5.64. The summed E-state index contributed by atoms with van der Waals surface area (Å²) in [5.74, 6) is 5.14. The predicted molar refractivity (Wildman–Crippen MR) is 185 cm³/mol. The molecule has 0 saturated heterocycles. The highest BCUT2D eigenvalue weighted by Gasteiger charge is 2.60. The lowest BCUT2D eigenvalue weighted by molar-refractivity contribution is -0.385. The number of nitro benzene ring substituents is 1. The van der Waals surface area contributed by atoms with Crippen LogP contribution in [0.1, 0.15) is 141 Å². The molecule has 1 aromatic rings. The zero-order chi connectivity index (χ0) is 32.5. The fraction of sp³-hybridized carbons (Fsp3) is 0.775. The number of carbonyl (C=O) groups excluding carboxylic acids is 1. The Kier molecular flexibility index (Phi) is 10.2. The van der Waals surface area contributed by atoms with E-state index in [9.17, 15) is 14.9 Å². The van der Waals surface area contributed by atoms with Crippen LogP contribution in [0.2, 0.25) is 0 Å². The second kappa shape index (κ2) is 14.0. The van der Waals surface area contributed by atoms with Gasteiger partial charge >= 0.3 is 5.97 Å². The normalized spacial score (nSPS) is 34.9. The molecule has 0 aliphatic heterocycles. The molecule has 0 aromatic heterocycles. The van der Waals surface area contributed by atoms with Gasteiger partial charge in [0.25, 0.3) is 5.69 Å². The van der Waals surface area contributed by atoms with Gasteiger partial charge < -0.3 is 10.1 Å². The lowest BCUT2D eigenvalue weighted by Crippen LogP contribution is -2.53. The van der Waals surface area contributed by atoms with Gasteiger partial charge in [-0.1, -0.05) is 65.5 Å². The second-order valence-electron chi connectivity index (χ2n) is 16.8. The standard InChI is InChI=1S/C40H60N2O4/c1-27(34-18-19-35-33-17-16-32-12-8-9-22-39(32,3)36(33)21-23-40(34,35)4)13-20-38(43)46-26-31-15-14-30(24-37(31)42(44)45)28(2)41-25-29-10-6-5-7-11-29/h14-15,24,27,29,32-36,41H,2,5-13,16-23,25-26H2,1,3-4H3. The van der Waals surface area contributed by atoms with E-state index in [1.54, 1.807) is 12.1 Å². The van der Waals surface area contributed by atoms with E-state index < -0.39 is 0 Å². The van der Waals surface area contributed by atoms with Crippen LogP contribution in [0.3, 0.4) is 0 Å². The summed E-state index contributed by atoms with van der Waals surface area (Å²) in [5.41, 5.74) is 2.80. The Morgan fingerprint density at radius 3 is 2.52 bits per heavy atom. The molecule has 6 nitrogen and oxygen atoms in total. The Bertz CT molecular complexity index is 1270. The van der Waals surface area contributed by atoms with E-state index in [4.69, 9.17) is 4.74 Å². The first-order valence-corrected chi connectivity index (χ1v) is 19.0. The van der Waals surface area contributed by atoms with Gasteiger partial charge in [0.05, 0.1) is 10.5 Å². The SMILES string of the molecule is C=C(NCC1CCCCC1)c1ccc(COC(=O)CCC(C)C2CCC3C4CCC5CCCCC5(C)C4CCC23C)c([N+](=O)[O-])c1. The van der Waals surface area contributed by atoms with Crippen molar-refractivity contribution in [3.8, 4) is 0 Å². The topological polar surface area (TPSA) is 81.5 Å². The third-order valence-electron chi connectivity index (χ3n) is 14.5. The van der Waals surface area contributed by atoms with Gasteiger partial charge in [-0.3, -0.25) is 14.9 Å². The molecule has 1 N–H and O–H groups in total. The fourth-order valence-corrected chi connectivity index (χ4v) is 11.9. The van der Waals surface area contributed by atoms with Gasteiger partial charge in [-0.25, -0.2) is 0 Å². The molecule has 0 heterocycles. The van der Waals surface area contributed by atoms with Crippen molar-refractivity contribution in [2.24, 2.45) is 52.3 Å². The molecule has 0 bridgehead atoms. The van der Waals surface area contributed by atoms with Crippen LogP contribution in [0.5, 0.6) is 0 Å². The summed E-state index contributed by atoms with van der Waals surface area (Å²) in [6.45, 7) is 12.5. The number of hydrogen-bond donors (Lipinski definition) is 1. The van der Waals surface area contributed by atoms with Crippen molar-refractivity contribution >= 4 is 17.4 Å². The number of esters is 1. The van der Waals surface area contributed by atoms with Crippen LogP contribution in [0.25, 0.3) is 5.70 Å². The zero-order valence-electron chi connectivity index (χ0n) is 29.0. The summed E-state index contributed by atoms with van der Waals surface area (Å²) in [7, 11) is 0. The quantitative estimate of drug-likeness (QED) is 0.149. The molecule has 254 valence electrons. The van der Waals surface area contributed by atoms with Crippen LogP contribution < -0.4 is 5.32 Å². The number of carbonyl (C=O) groups is 1. The molecule has 8 unspecified atom stereocenters. The van der Waals surface area contributed by atoms with Crippen LogP contribution >= 0.6 is 0 Å². The number of nitrogens with zero attached hydrogens (tertiary/aromatic N) is 1. The number of ether oxygens (including phenoxy) is 1. The lowest BCUT2D eigenvalue weighted by atomic mass is 9.44. The lowest BCUT2D eigenvalue weighted by Gasteiger charge is -2.61. The van der Waals surface area contributed by atoms with E-state index in [1.807, 2.05) is 6.07 Å². The first-order valence-electron chi connectivity index (χ1n) is 19.0. The van der Waals surface area contributed by atoms with Gasteiger partial charge in [0.1, 0.15) is 6.61 Å². The summed E-state index contributed by atoms with van der Waals surface area (Å²) in [6.07, 6.45) is 21.6. The Hall–Kier alpha value is -2.37. The minimum atomic E-state index is -0.379. The molecule has 0 radical (unpaired) electrons.